The van der Waals surface area contributed by atoms with Gasteiger partial charge in [0.25, 0.3) is 0 Å². The first-order chi connectivity index (χ1) is 10.2. The summed E-state index contributed by atoms with van der Waals surface area (Å²) in [5, 5.41) is 0. The molecule has 120 valence electrons. The maximum absolute atomic E-state index is 13.0. The predicted octanol–water partition coefficient (Wildman–Crippen LogP) is 4.36. The molecule has 0 aliphatic rings. The molecule has 0 unspecified atom stereocenters. The number of aryl methyl sites for hydroxylation is 1. The fraction of sp³-hybridized carbons (Fsp3) is 0.625. The Morgan fingerprint density at radius 1 is 0.857 bits per heavy atom. The summed E-state index contributed by atoms with van der Waals surface area (Å²) in [7, 11) is -1.46. The summed E-state index contributed by atoms with van der Waals surface area (Å²) >= 11 is 0. The van der Waals surface area contributed by atoms with Gasteiger partial charge in [-0.2, -0.15) is 0 Å². The van der Waals surface area contributed by atoms with Crippen molar-refractivity contribution in [3.8, 4) is 0 Å². The monoisotopic (exact) mass is 316 g/mol. The van der Waals surface area contributed by atoms with Crippen LogP contribution in [0.1, 0.15) is 45.1 Å². The number of benzene rings is 1. The number of rotatable bonds is 11. The summed E-state index contributed by atoms with van der Waals surface area (Å²) in [5.74, 6) is -0.987. The molecule has 0 bridgehead atoms. The largest absolute Gasteiger partial charge is 0.397 e. The zero-order chi connectivity index (χ0) is 15.5. The summed E-state index contributed by atoms with van der Waals surface area (Å²) in [6.07, 6.45) is 4.97. The molecule has 0 atom stereocenters. The highest BCUT2D eigenvalue weighted by Crippen LogP contribution is 2.13. The van der Waals surface area contributed by atoms with E-state index in [1.807, 2.05) is 13.8 Å². The van der Waals surface area contributed by atoms with E-state index in [1.165, 1.54) is 12.1 Å². The Hall–Kier alpha value is -0.783. The Labute approximate surface area is 128 Å². The second-order valence-electron chi connectivity index (χ2n) is 5.07. The molecule has 0 aliphatic heterocycles. The minimum Gasteiger partial charge on any atom is -0.397 e. The molecule has 1 rings (SSSR count). The zero-order valence-corrected chi connectivity index (χ0v) is 14.2. The van der Waals surface area contributed by atoms with Crippen LogP contribution in [0, 0.1) is 11.6 Å². The van der Waals surface area contributed by atoms with Gasteiger partial charge in [0.1, 0.15) is 11.6 Å². The molecule has 0 saturated heterocycles. The topological polar surface area (TPSA) is 18.5 Å². The van der Waals surface area contributed by atoms with Crippen molar-refractivity contribution in [1.82, 2.24) is 0 Å². The number of hydrogen-bond donors (Lipinski definition) is 0. The molecule has 1 aromatic carbocycles. The van der Waals surface area contributed by atoms with E-state index in [9.17, 15) is 8.78 Å². The van der Waals surface area contributed by atoms with Gasteiger partial charge in [0, 0.05) is 19.3 Å². The van der Waals surface area contributed by atoms with Crippen molar-refractivity contribution >= 4 is 9.28 Å². The van der Waals surface area contributed by atoms with Crippen LogP contribution in [-0.4, -0.2) is 22.5 Å². The SMILES string of the molecule is CCO[SiH](CCCCCCc1cc(F)cc(F)c1)OCC. The second-order valence-corrected chi connectivity index (χ2v) is 7.17. The minimum atomic E-state index is -1.46. The lowest BCUT2D eigenvalue weighted by molar-refractivity contribution is 0.212. The number of halogens is 2. The molecule has 5 heteroatoms. The van der Waals surface area contributed by atoms with Gasteiger partial charge in [-0.15, -0.1) is 0 Å². The van der Waals surface area contributed by atoms with Gasteiger partial charge in [-0.05, 0) is 50.4 Å². The van der Waals surface area contributed by atoms with Crippen LogP contribution >= 0.6 is 0 Å². The second kappa shape index (κ2) is 10.9. The Morgan fingerprint density at radius 2 is 1.43 bits per heavy atom. The zero-order valence-electron chi connectivity index (χ0n) is 13.0. The van der Waals surface area contributed by atoms with Crippen LogP contribution in [0.4, 0.5) is 8.78 Å². The third kappa shape index (κ3) is 8.29. The molecule has 2 nitrogen and oxygen atoms in total. The molecular weight excluding hydrogens is 290 g/mol. The Kier molecular flexibility index (Phi) is 9.46. The summed E-state index contributed by atoms with van der Waals surface area (Å²) in [6, 6.07) is 4.78. The Morgan fingerprint density at radius 3 is 2.00 bits per heavy atom. The first-order valence-electron chi connectivity index (χ1n) is 7.83. The number of unbranched alkanes of at least 4 members (excludes halogenated alkanes) is 3. The average Bonchev–Trinajstić information content (AvgIpc) is 2.42. The highest BCUT2D eigenvalue weighted by molar-refractivity contribution is 6.44. The Balaban J connectivity index is 2.13. The predicted molar refractivity (Wildman–Crippen MR) is 83.7 cm³/mol. The van der Waals surface area contributed by atoms with Crippen molar-refractivity contribution in [1.29, 1.82) is 0 Å². The van der Waals surface area contributed by atoms with E-state index in [-0.39, 0.29) is 0 Å². The van der Waals surface area contributed by atoms with Crippen LogP contribution in [0.15, 0.2) is 18.2 Å². The normalized spacial score (nSPS) is 11.3. The van der Waals surface area contributed by atoms with Crippen molar-refractivity contribution in [3.63, 3.8) is 0 Å². The minimum absolute atomic E-state index is 0.493. The molecule has 0 heterocycles. The van der Waals surface area contributed by atoms with Crippen LogP contribution < -0.4 is 0 Å². The van der Waals surface area contributed by atoms with E-state index in [2.05, 4.69) is 0 Å². The summed E-state index contributed by atoms with van der Waals surface area (Å²) in [4.78, 5) is 0. The van der Waals surface area contributed by atoms with Gasteiger partial charge in [0.2, 0.25) is 0 Å². The van der Waals surface area contributed by atoms with Gasteiger partial charge in [0.15, 0.2) is 0 Å². The van der Waals surface area contributed by atoms with Crippen molar-refractivity contribution in [3.05, 3.63) is 35.4 Å². The molecule has 0 N–H and O–H groups in total. The average molecular weight is 316 g/mol. The van der Waals surface area contributed by atoms with Crippen LogP contribution in [-0.2, 0) is 15.3 Å². The van der Waals surface area contributed by atoms with Crippen LogP contribution in [0.3, 0.4) is 0 Å². The summed E-state index contributed by atoms with van der Waals surface area (Å²) < 4.78 is 37.3. The van der Waals surface area contributed by atoms with E-state index in [0.717, 1.165) is 63.0 Å². The highest BCUT2D eigenvalue weighted by atomic mass is 28.3. The van der Waals surface area contributed by atoms with E-state index in [0.29, 0.717) is 0 Å². The van der Waals surface area contributed by atoms with Gasteiger partial charge in [0.05, 0.1) is 0 Å². The third-order valence-electron chi connectivity index (χ3n) is 3.28. The quantitative estimate of drug-likeness (QED) is 0.446. The van der Waals surface area contributed by atoms with Crippen molar-refractivity contribution < 1.29 is 17.6 Å². The molecule has 0 spiro atoms. The van der Waals surface area contributed by atoms with E-state index < -0.39 is 20.9 Å². The van der Waals surface area contributed by atoms with Gasteiger partial charge >= 0.3 is 9.28 Å². The highest BCUT2D eigenvalue weighted by Gasteiger charge is 2.11. The summed E-state index contributed by atoms with van der Waals surface area (Å²) in [5.41, 5.74) is 0.739. The van der Waals surface area contributed by atoms with E-state index >= 15 is 0 Å². The molecule has 0 aliphatic carbocycles. The van der Waals surface area contributed by atoms with Gasteiger partial charge in [-0.1, -0.05) is 19.3 Å². The smallest absolute Gasteiger partial charge is 0.321 e. The van der Waals surface area contributed by atoms with Gasteiger partial charge < -0.3 is 8.85 Å². The van der Waals surface area contributed by atoms with Gasteiger partial charge in [-0.25, -0.2) is 8.78 Å². The fourth-order valence-electron chi connectivity index (χ4n) is 2.34. The lowest BCUT2D eigenvalue weighted by Crippen LogP contribution is -2.22. The summed E-state index contributed by atoms with van der Waals surface area (Å²) in [6.45, 7) is 5.44. The maximum atomic E-state index is 13.0. The molecule has 21 heavy (non-hydrogen) atoms. The van der Waals surface area contributed by atoms with Crippen molar-refractivity contribution in [2.75, 3.05) is 13.2 Å². The number of hydrogen-bond acceptors (Lipinski definition) is 2. The Bertz CT molecular complexity index is 376. The first kappa shape index (κ1) is 18.3. The van der Waals surface area contributed by atoms with Crippen molar-refractivity contribution in [2.24, 2.45) is 0 Å². The molecule has 0 radical (unpaired) electrons. The van der Waals surface area contributed by atoms with E-state index in [1.54, 1.807) is 0 Å². The van der Waals surface area contributed by atoms with Gasteiger partial charge in [-0.3, -0.25) is 0 Å². The molecule has 0 saturated carbocycles. The molecule has 0 aromatic heterocycles. The fourth-order valence-corrected chi connectivity index (χ4v) is 4.13. The lowest BCUT2D eigenvalue weighted by atomic mass is 10.1. The molecule has 1 aromatic rings. The molecule has 0 fully saturated rings. The van der Waals surface area contributed by atoms with Crippen molar-refractivity contribution in [2.45, 2.75) is 52.0 Å². The lowest BCUT2D eigenvalue weighted by Gasteiger charge is -2.14. The molecular formula is C16H26F2O2Si. The first-order valence-corrected chi connectivity index (χ1v) is 9.59. The third-order valence-corrected chi connectivity index (χ3v) is 5.57. The molecule has 0 amide bonds. The van der Waals surface area contributed by atoms with Crippen LogP contribution in [0.2, 0.25) is 6.04 Å². The van der Waals surface area contributed by atoms with Crippen LogP contribution in [0.25, 0.3) is 0 Å². The van der Waals surface area contributed by atoms with E-state index in [4.69, 9.17) is 8.85 Å². The van der Waals surface area contributed by atoms with Crippen LogP contribution in [0.5, 0.6) is 0 Å². The maximum Gasteiger partial charge on any atom is 0.321 e. The standard InChI is InChI=1S/C16H26F2O2Si/c1-3-19-21(20-4-2)10-8-6-5-7-9-14-11-15(17)13-16(18)12-14/h11-13,21H,3-10H2,1-2H3.